The van der Waals surface area contributed by atoms with Gasteiger partial charge in [0.2, 0.25) is 5.91 Å². The number of aliphatic carboxylic acids is 1. The van der Waals surface area contributed by atoms with E-state index in [9.17, 15) is 14.4 Å². The summed E-state index contributed by atoms with van der Waals surface area (Å²) in [5, 5.41) is 14.1. The number of carboxylic acids is 1. The van der Waals surface area contributed by atoms with Crippen LogP contribution < -0.4 is 10.6 Å². The summed E-state index contributed by atoms with van der Waals surface area (Å²) in [5.41, 5.74) is 0.545. The molecule has 0 heterocycles. The van der Waals surface area contributed by atoms with E-state index in [4.69, 9.17) is 5.11 Å². The van der Waals surface area contributed by atoms with E-state index in [0.717, 1.165) is 12.8 Å². The molecule has 1 atom stereocenters. The van der Waals surface area contributed by atoms with Gasteiger partial charge < -0.3 is 15.7 Å². The van der Waals surface area contributed by atoms with Crippen molar-refractivity contribution in [2.24, 2.45) is 11.3 Å². The topological polar surface area (TPSA) is 95.5 Å². The molecule has 136 valence electrons. The fourth-order valence-electron chi connectivity index (χ4n) is 3.17. The highest BCUT2D eigenvalue weighted by molar-refractivity contribution is 5.98. The van der Waals surface area contributed by atoms with Gasteiger partial charge in [-0.05, 0) is 49.9 Å². The molecule has 3 N–H and O–H groups in total. The molecule has 0 bridgehead atoms. The summed E-state index contributed by atoms with van der Waals surface area (Å²) in [4.78, 5) is 35.4. The Morgan fingerprint density at radius 2 is 1.68 bits per heavy atom. The maximum atomic E-state index is 12.6. The zero-order chi connectivity index (χ0) is 18.6. The lowest BCUT2D eigenvalue weighted by Gasteiger charge is -2.30. The monoisotopic (exact) mass is 346 g/mol. The number of nitrogens with one attached hydrogen (secondary N) is 2. The molecule has 0 aliphatic heterocycles. The Kier molecular flexibility index (Phi) is 5.82. The van der Waals surface area contributed by atoms with Crippen molar-refractivity contribution in [3.05, 3.63) is 29.8 Å². The molecule has 1 aliphatic rings. The van der Waals surface area contributed by atoms with Gasteiger partial charge in [-0.2, -0.15) is 0 Å². The number of amides is 2. The molecule has 1 aromatic carbocycles. The van der Waals surface area contributed by atoms with E-state index in [1.807, 2.05) is 13.8 Å². The summed E-state index contributed by atoms with van der Waals surface area (Å²) in [5.74, 6) is -1.17. The van der Waals surface area contributed by atoms with Crippen LogP contribution >= 0.6 is 0 Å². The highest BCUT2D eigenvalue weighted by atomic mass is 16.4. The van der Waals surface area contributed by atoms with Crippen LogP contribution in [0.3, 0.4) is 0 Å². The van der Waals surface area contributed by atoms with Crippen LogP contribution in [0, 0.1) is 11.3 Å². The van der Waals surface area contributed by atoms with Crippen molar-refractivity contribution in [3.8, 4) is 0 Å². The number of carboxylic acid groups (broad SMARTS) is 1. The van der Waals surface area contributed by atoms with Gasteiger partial charge in [-0.3, -0.25) is 14.4 Å². The van der Waals surface area contributed by atoms with Crippen LogP contribution in [-0.4, -0.2) is 28.9 Å². The molecule has 1 aliphatic carbocycles. The van der Waals surface area contributed by atoms with Crippen molar-refractivity contribution in [2.75, 3.05) is 5.32 Å². The van der Waals surface area contributed by atoms with E-state index in [1.165, 1.54) is 19.8 Å². The van der Waals surface area contributed by atoms with Gasteiger partial charge in [0.25, 0.3) is 5.91 Å². The zero-order valence-corrected chi connectivity index (χ0v) is 15.0. The van der Waals surface area contributed by atoms with Crippen molar-refractivity contribution in [1.82, 2.24) is 5.32 Å². The number of carbonyl (C=O) groups excluding carboxylic acids is 2. The van der Waals surface area contributed by atoms with E-state index >= 15 is 0 Å². The van der Waals surface area contributed by atoms with Crippen LogP contribution in [0.4, 0.5) is 5.69 Å². The third-order valence-corrected chi connectivity index (χ3v) is 5.08. The second kappa shape index (κ2) is 7.68. The maximum Gasteiger partial charge on any atom is 0.325 e. The summed E-state index contributed by atoms with van der Waals surface area (Å²) in [6.07, 6.45) is 4.53. The molecule has 0 saturated heterocycles. The van der Waals surface area contributed by atoms with Gasteiger partial charge in [-0.1, -0.05) is 26.7 Å². The minimum Gasteiger partial charge on any atom is -0.480 e. The summed E-state index contributed by atoms with van der Waals surface area (Å²) < 4.78 is 0. The predicted molar refractivity (Wildman–Crippen MR) is 95.4 cm³/mol. The molecular formula is C19H26N2O4. The van der Waals surface area contributed by atoms with E-state index in [0.29, 0.717) is 17.2 Å². The Balaban J connectivity index is 1.99. The second-order valence-electron chi connectivity index (χ2n) is 7.27. The fourth-order valence-corrected chi connectivity index (χ4v) is 3.17. The third-order valence-electron chi connectivity index (χ3n) is 5.08. The van der Waals surface area contributed by atoms with Gasteiger partial charge in [0.1, 0.15) is 6.04 Å². The SMILES string of the molecule is CC(NC(=O)c1ccc(NC(=O)C(C)(C)C2CCCC2)cc1)C(=O)O. The number of hydrogen-bond donors (Lipinski definition) is 3. The number of anilines is 1. The quantitative estimate of drug-likeness (QED) is 0.738. The number of carbonyl (C=O) groups is 3. The molecule has 0 radical (unpaired) electrons. The van der Waals surface area contributed by atoms with Crippen LogP contribution in [0.2, 0.25) is 0 Å². The molecule has 1 aromatic rings. The second-order valence-corrected chi connectivity index (χ2v) is 7.27. The van der Waals surface area contributed by atoms with E-state index in [2.05, 4.69) is 10.6 Å². The largest absolute Gasteiger partial charge is 0.480 e. The minimum absolute atomic E-state index is 0.0175. The van der Waals surface area contributed by atoms with Gasteiger partial charge in [0.15, 0.2) is 0 Å². The van der Waals surface area contributed by atoms with Gasteiger partial charge in [-0.25, -0.2) is 0 Å². The smallest absolute Gasteiger partial charge is 0.325 e. The van der Waals surface area contributed by atoms with Gasteiger partial charge in [0, 0.05) is 16.7 Å². The zero-order valence-electron chi connectivity index (χ0n) is 15.0. The number of benzene rings is 1. The van der Waals surface area contributed by atoms with Gasteiger partial charge >= 0.3 is 5.97 Å². The molecule has 0 aromatic heterocycles. The molecule has 1 fully saturated rings. The van der Waals surface area contributed by atoms with Crippen LogP contribution in [-0.2, 0) is 9.59 Å². The van der Waals surface area contributed by atoms with Crippen LogP contribution in [0.5, 0.6) is 0 Å². The van der Waals surface area contributed by atoms with E-state index < -0.39 is 23.3 Å². The molecule has 1 unspecified atom stereocenters. The number of rotatable bonds is 6. The van der Waals surface area contributed by atoms with Crippen LogP contribution in [0.25, 0.3) is 0 Å². The standard InChI is InChI=1S/C19H26N2O4/c1-12(17(23)24)20-16(22)13-8-10-15(11-9-13)21-18(25)19(2,3)14-6-4-5-7-14/h8-12,14H,4-7H2,1-3H3,(H,20,22)(H,21,25)(H,23,24). The fraction of sp³-hybridized carbons (Fsp3) is 0.526. The first kappa shape index (κ1) is 19.0. The lowest BCUT2D eigenvalue weighted by molar-refractivity contribution is -0.138. The number of hydrogen-bond acceptors (Lipinski definition) is 3. The van der Waals surface area contributed by atoms with Crippen LogP contribution in [0.15, 0.2) is 24.3 Å². The lowest BCUT2D eigenvalue weighted by Crippen LogP contribution is -2.38. The molecular weight excluding hydrogens is 320 g/mol. The van der Waals surface area contributed by atoms with Crippen molar-refractivity contribution < 1.29 is 19.5 Å². The highest BCUT2D eigenvalue weighted by Gasteiger charge is 2.38. The molecule has 6 nitrogen and oxygen atoms in total. The minimum atomic E-state index is -1.09. The van der Waals surface area contributed by atoms with Crippen LogP contribution in [0.1, 0.15) is 56.8 Å². The molecule has 0 spiro atoms. The summed E-state index contributed by atoms with van der Waals surface area (Å²) in [6, 6.07) is 5.50. The Morgan fingerprint density at radius 1 is 1.12 bits per heavy atom. The van der Waals surface area contributed by atoms with Crippen molar-refractivity contribution in [3.63, 3.8) is 0 Å². The molecule has 6 heteroatoms. The molecule has 2 rings (SSSR count). The first-order valence-electron chi connectivity index (χ1n) is 8.67. The first-order chi connectivity index (χ1) is 11.7. The Labute approximate surface area is 148 Å². The Hall–Kier alpha value is -2.37. The maximum absolute atomic E-state index is 12.6. The highest BCUT2D eigenvalue weighted by Crippen LogP contribution is 2.40. The van der Waals surface area contributed by atoms with Gasteiger partial charge in [-0.15, -0.1) is 0 Å². The van der Waals surface area contributed by atoms with E-state index in [1.54, 1.807) is 24.3 Å². The lowest BCUT2D eigenvalue weighted by atomic mass is 9.77. The van der Waals surface area contributed by atoms with Gasteiger partial charge in [0.05, 0.1) is 0 Å². The summed E-state index contributed by atoms with van der Waals surface area (Å²) in [6.45, 7) is 5.36. The van der Waals surface area contributed by atoms with Crippen molar-refractivity contribution >= 4 is 23.5 Å². The molecule has 2 amide bonds. The predicted octanol–water partition coefficient (Wildman–Crippen LogP) is 3.04. The average Bonchev–Trinajstić information content (AvgIpc) is 3.10. The third kappa shape index (κ3) is 4.59. The van der Waals surface area contributed by atoms with Crippen molar-refractivity contribution in [1.29, 1.82) is 0 Å². The van der Waals surface area contributed by atoms with E-state index in [-0.39, 0.29) is 5.91 Å². The normalized spacial score (nSPS) is 16.3. The molecule has 1 saturated carbocycles. The summed E-state index contributed by atoms with van der Waals surface area (Å²) in [7, 11) is 0. The Morgan fingerprint density at radius 3 is 2.20 bits per heavy atom. The first-order valence-corrected chi connectivity index (χ1v) is 8.67. The summed E-state index contributed by atoms with van der Waals surface area (Å²) >= 11 is 0. The van der Waals surface area contributed by atoms with Crippen molar-refractivity contribution in [2.45, 2.75) is 52.5 Å². The molecule has 25 heavy (non-hydrogen) atoms. The average molecular weight is 346 g/mol. The Bertz CT molecular complexity index is 646.